The number of hydrogen-bond acceptors (Lipinski definition) is 3. The van der Waals surface area contributed by atoms with Crippen LogP contribution in [0, 0.1) is 0 Å². The molecule has 0 aliphatic rings. The van der Waals surface area contributed by atoms with Crippen LogP contribution in [-0.4, -0.2) is 30.3 Å². The Morgan fingerprint density at radius 2 is 2.00 bits per heavy atom. The van der Waals surface area contributed by atoms with Crippen LogP contribution in [-0.2, 0) is 4.79 Å². The average Bonchev–Trinajstić information content (AvgIpc) is 2.22. The molecule has 4 nitrogen and oxygen atoms in total. The van der Waals surface area contributed by atoms with E-state index >= 15 is 0 Å². The first kappa shape index (κ1) is 14.1. The molecule has 0 saturated heterocycles. The number of nitrogens with one attached hydrogen (secondary N) is 1. The Bertz CT molecular complexity index is 376. The Labute approximate surface area is 109 Å². The van der Waals surface area contributed by atoms with Gasteiger partial charge in [0.05, 0.1) is 6.10 Å². The number of carbonyl (C=O) groups excluding carboxylic acids is 1. The van der Waals surface area contributed by atoms with E-state index in [2.05, 4.69) is 5.32 Å². The molecule has 2 N–H and O–H groups in total. The topological polar surface area (TPSA) is 58.6 Å². The van der Waals surface area contributed by atoms with Crippen molar-refractivity contribution in [2.24, 2.45) is 0 Å². The normalized spacial score (nSPS) is 12.0. The Hall–Kier alpha value is -0.970. The number of aliphatic hydroxyl groups is 1. The highest BCUT2D eigenvalue weighted by molar-refractivity contribution is 6.34. The molecule has 0 aliphatic heterocycles. The Morgan fingerprint density at radius 1 is 1.41 bits per heavy atom. The van der Waals surface area contributed by atoms with Crippen molar-refractivity contribution in [1.82, 2.24) is 5.32 Å². The van der Waals surface area contributed by atoms with E-state index in [1.807, 2.05) is 0 Å². The van der Waals surface area contributed by atoms with Gasteiger partial charge in [-0.25, -0.2) is 0 Å². The van der Waals surface area contributed by atoms with E-state index in [4.69, 9.17) is 33.0 Å². The summed E-state index contributed by atoms with van der Waals surface area (Å²) in [4.78, 5) is 11.3. The molecule has 0 spiro atoms. The molecule has 1 aromatic carbocycles. The van der Waals surface area contributed by atoms with Crippen LogP contribution in [0.4, 0.5) is 0 Å². The van der Waals surface area contributed by atoms with Crippen LogP contribution in [0.1, 0.15) is 6.92 Å². The predicted octanol–water partition coefficient (Wildman–Crippen LogP) is 1.87. The highest BCUT2D eigenvalue weighted by atomic mass is 35.5. The summed E-state index contributed by atoms with van der Waals surface area (Å²) in [6.07, 6.45) is -0.584. The number of hydrogen-bond donors (Lipinski definition) is 2. The SMILES string of the molecule is CC(O)CNC(=O)COc1cc(Cl)cc(Cl)c1. The van der Waals surface area contributed by atoms with E-state index in [0.29, 0.717) is 15.8 Å². The molecular formula is C11H13Cl2NO3. The molecule has 0 heterocycles. The summed E-state index contributed by atoms with van der Waals surface area (Å²) in [6.45, 7) is 1.62. The van der Waals surface area contributed by atoms with Crippen LogP contribution >= 0.6 is 23.2 Å². The van der Waals surface area contributed by atoms with Crippen molar-refractivity contribution in [1.29, 1.82) is 0 Å². The quantitative estimate of drug-likeness (QED) is 0.864. The summed E-state index contributed by atoms with van der Waals surface area (Å²) in [7, 11) is 0. The second-order valence-electron chi connectivity index (χ2n) is 3.55. The van der Waals surface area contributed by atoms with Crippen LogP contribution in [0.3, 0.4) is 0 Å². The van der Waals surface area contributed by atoms with Gasteiger partial charge in [0.2, 0.25) is 0 Å². The Balaban J connectivity index is 2.42. The molecule has 0 radical (unpaired) electrons. The third-order valence-corrected chi connectivity index (χ3v) is 2.24. The lowest BCUT2D eigenvalue weighted by molar-refractivity contribution is -0.123. The van der Waals surface area contributed by atoms with Crippen molar-refractivity contribution in [3.05, 3.63) is 28.2 Å². The summed E-state index contributed by atoms with van der Waals surface area (Å²) >= 11 is 11.5. The van der Waals surface area contributed by atoms with Gasteiger partial charge in [0, 0.05) is 16.6 Å². The molecule has 17 heavy (non-hydrogen) atoms. The maximum atomic E-state index is 11.3. The van der Waals surface area contributed by atoms with E-state index in [9.17, 15) is 4.79 Å². The van der Waals surface area contributed by atoms with Crippen LogP contribution in [0.15, 0.2) is 18.2 Å². The number of carbonyl (C=O) groups is 1. The fourth-order valence-corrected chi connectivity index (χ4v) is 1.58. The first-order valence-corrected chi connectivity index (χ1v) is 5.76. The number of amides is 1. The second-order valence-corrected chi connectivity index (χ2v) is 4.42. The van der Waals surface area contributed by atoms with Crippen molar-refractivity contribution in [3.63, 3.8) is 0 Å². The van der Waals surface area contributed by atoms with Gasteiger partial charge >= 0.3 is 0 Å². The van der Waals surface area contributed by atoms with Gasteiger partial charge in [-0.2, -0.15) is 0 Å². The van der Waals surface area contributed by atoms with Gasteiger partial charge in [-0.05, 0) is 25.1 Å². The molecule has 1 aromatic rings. The monoisotopic (exact) mass is 277 g/mol. The zero-order valence-corrected chi connectivity index (χ0v) is 10.8. The van der Waals surface area contributed by atoms with Crippen molar-refractivity contribution in [2.45, 2.75) is 13.0 Å². The molecule has 0 aliphatic carbocycles. The molecule has 0 saturated carbocycles. The molecule has 1 atom stereocenters. The van der Waals surface area contributed by atoms with E-state index in [-0.39, 0.29) is 19.1 Å². The summed E-state index contributed by atoms with van der Waals surface area (Å²) in [5, 5.41) is 12.4. The minimum absolute atomic E-state index is 0.149. The third kappa shape index (κ3) is 5.77. The van der Waals surface area contributed by atoms with Gasteiger partial charge in [0.15, 0.2) is 6.61 Å². The van der Waals surface area contributed by atoms with Crippen LogP contribution in [0.2, 0.25) is 10.0 Å². The van der Waals surface area contributed by atoms with Crippen LogP contribution in [0.25, 0.3) is 0 Å². The summed E-state index contributed by atoms with van der Waals surface area (Å²) < 4.78 is 5.20. The molecule has 6 heteroatoms. The van der Waals surface area contributed by atoms with E-state index in [1.165, 1.54) is 0 Å². The highest BCUT2D eigenvalue weighted by Gasteiger charge is 2.05. The van der Waals surface area contributed by atoms with Gasteiger partial charge in [-0.1, -0.05) is 23.2 Å². The van der Waals surface area contributed by atoms with Crippen molar-refractivity contribution >= 4 is 29.1 Å². The molecular weight excluding hydrogens is 265 g/mol. The fraction of sp³-hybridized carbons (Fsp3) is 0.364. The predicted molar refractivity (Wildman–Crippen MR) is 66.6 cm³/mol. The van der Waals surface area contributed by atoms with Gasteiger partial charge in [-0.15, -0.1) is 0 Å². The highest BCUT2D eigenvalue weighted by Crippen LogP contribution is 2.23. The summed E-state index contributed by atoms with van der Waals surface area (Å²) in [6, 6.07) is 4.70. The van der Waals surface area contributed by atoms with E-state index in [1.54, 1.807) is 25.1 Å². The smallest absolute Gasteiger partial charge is 0.258 e. The zero-order valence-electron chi connectivity index (χ0n) is 9.24. The number of benzene rings is 1. The first-order valence-electron chi connectivity index (χ1n) is 5.01. The maximum Gasteiger partial charge on any atom is 0.258 e. The van der Waals surface area contributed by atoms with Crippen molar-refractivity contribution in [2.75, 3.05) is 13.2 Å². The van der Waals surface area contributed by atoms with E-state index < -0.39 is 6.10 Å². The number of rotatable bonds is 5. The third-order valence-electron chi connectivity index (χ3n) is 1.80. The van der Waals surface area contributed by atoms with Gasteiger partial charge in [-0.3, -0.25) is 4.79 Å². The number of aliphatic hydroxyl groups excluding tert-OH is 1. The zero-order chi connectivity index (χ0) is 12.8. The number of halogens is 2. The van der Waals surface area contributed by atoms with Gasteiger partial charge in [0.25, 0.3) is 5.91 Å². The lowest BCUT2D eigenvalue weighted by Gasteiger charge is -2.09. The lowest BCUT2D eigenvalue weighted by atomic mass is 10.3. The molecule has 0 bridgehead atoms. The standard InChI is InChI=1S/C11H13Cl2NO3/c1-7(15)5-14-11(16)6-17-10-3-8(12)2-9(13)4-10/h2-4,7,15H,5-6H2,1H3,(H,14,16). The van der Waals surface area contributed by atoms with Crippen molar-refractivity contribution < 1.29 is 14.6 Å². The Morgan fingerprint density at radius 3 is 2.53 bits per heavy atom. The van der Waals surface area contributed by atoms with Crippen molar-refractivity contribution in [3.8, 4) is 5.75 Å². The van der Waals surface area contributed by atoms with Crippen LogP contribution < -0.4 is 10.1 Å². The van der Waals surface area contributed by atoms with Crippen LogP contribution in [0.5, 0.6) is 5.75 Å². The largest absolute Gasteiger partial charge is 0.484 e. The minimum atomic E-state index is -0.584. The second kappa shape index (κ2) is 6.69. The molecule has 94 valence electrons. The Kier molecular flexibility index (Phi) is 5.55. The molecule has 1 unspecified atom stereocenters. The van der Waals surface area contributed by atoms with Gasteiger partial charge in [0.1, 0.15) is 5.75 Å². The summed E-state index contributed by atoms with van der Waals surface area (Å²) in [5.74, 6) is 0.108. The molecule has 0 aromatic heterocycles. The number of ether oxygens (including phenoxy) is 1. The maximum absolute atomic E-state index is 11.3. The molecule has 1 amide bonds. The average molecular weight is 278 g/mol. The minimum Gasteiger partial charge on any atom is -0.484 e. The fourth-order valence-electron chi connectivity index (χ4n) is 1.07. The molecule has 1 rings (SSSR count). The first-order chi connectivity index (χ1) is 7.97. The van der Waals surface area contributed by atoms with Gasteiger partial charge < -0.3 is 15.2 Å². The lowest BCUT2D eigenvalue weighted by Crippen LogP contribution is -2.34. The molecule has 0 fully saturated rings. The summed E-state index contributed by atoms with van der Waals surface area (Å²) in [5.41, 5.74) is 0. The van der Waals surface area contributed by atoms with E-state index in [0.717, 1.165) is 0 Å².